The van der Waals surface area contributed by atoms with E-state index in [1.54, 1.807) is 0 Å². The van der Waals surface area contributed by atoms with Gasteiger partial charge in [-0.3, -0.25) is 4.79 Å². The molecular weight excluding hydrogens is 274 g/mol. The van der Waals surface area contributed by atoms with E-state index in [1.165, 1.54) is 14.2 Å². The number of carbonyl (C=O) groups excluding carboxylic acids is 1. The fourth-order valence-corrected chi connectivity index (χ4v) is 1.76. The average Bonchev–Trinajstić information content (AvgIpc) is 2.30. The zero-order chi connectivity index (χ0) is 12.0. The van der Waals surface area contributed by atoms with Gasteiger partial charge < -0.3 is 9.57 Å². The van der Waals surface area contributed by atoms with Crippen molar-refractivity contribution in [3.05, 3.63) is 35.4 Å². The predicted molar refractivity (Wildman–Crippen MR) is 64.6 cm³/mol. The molecule has 0 atom stereocenters. The summed E-state index contributed by atoms with van der Waals surface area (Å²) in [5.74, 6) is -0.287. The normalized spacial score (nSPS) is 11.1. The largest absolute Gasteiger partial charge is 0.469 e. The van der Waals surface area contributed by atoms with Crippen LogP contribution in [0.1, 0.15) is 11.1 Å². The first-order chi connectivity index (χ1) is 7.69. The Morgan fingerprint density at radius 1 is 1.38 bits per heavy atom. The van der Waals surface area contributed by atoms with E-state index in [0.29, 0.717) is 4.62 Å². The Kier molecular flexibility index (Phi) is 4.98. The van der Waals surface area contributed by atoms with Crippen molar-refractivity contribution in [3.63, 3.8) is 0 Å². The highest BCUT2D eigenvalue weighted by Gasteiger charge is 2.10. The molecule has 0 aliphatic carbocycles. The second kappa shape index (κ2) is 6.27. The van der Waals surface area contributed by atoms with E-state index in [4.69, 9.17) is 0 Å². The number of carbonyl (C=O) groups is 1. The number of hydrogen-bond donors (Lipinski definition) is 0. The van der Waals surface area contributed by atoms with E-state index in [-0.39, 0.29) is 12.4 Å². The molecule has 0 unspecified atom stereocenters. The van der Waals surface area contributed by atoms with Gasteiger partial charge in [-0.2, -0.15) is 0 Å². The number of methoxy groups -OCH3 is 1. The molecule has 0 amide bonds. The molecule has 1 rings (SSSR count). The minimum absolute atomic E-state index is 0.209. The third-order valence-electron chi connectivity index (χ3n) is 1.97. The van der Waals surface area contributed by atoms with Crippen molar-refractivity contribution >= 4 is 26.5 Å². The summed E-state index contributed by atoms with van der Waals surface area (Å²) in [6.07, 6.45) is 0.209. The Morgan fingerprint density at radius 2 is 2.06 bits per heavy atom. The van der Waals surface area contributed by atoms with Crippen LogP contribution >= 0.6 is 15.9 Å². The van der Waals surface area contributed by atoms with Crippen LogP contribution in [-0.4, -0.2) is 24.8 Å². The summed E-state index contributed by atoms with van der Waals surface area (Å²) in [7, 11) is 2.83. The first kappa shape index (κ1) is 12.7. The van der Waals surface area contributed by atoms with Gasteiger partial charge >= 0.3 is 5.97 Å². The van der Waals surface area contributed by atoms with Gasteiger partial charge in [-0.15, -0.1) is 0 Å². The van der Waals surface area contributed by atoms with Gasteiger partial charge in [0.25, 0.3) is 0 Å². The van der Waals surface area contributed by atoms with E-state index in [1.807, 2.05) is 24.3 Å². The van der Waals surface area contributed by atoms with Crippen LogP contribution in [0.3, 0.4) is 0 Å². The quantitative estimate of drug-likeness (QED) is 0.484. The lowest BCUT2D eigenvalue weighted by Crippen LogP contribution is -2.08. The van der Waals surface area contributed by atoms with Gasteiger partial charge in [0.1, 0.15) is 7.11 Å². The Hall–Kier alpha value is -1.36. The highest BCUT2D eigenvalue weighted by molar-refractivity contribution is 9.18. The smallest absolute Gasteiger partial charge is 0.310 e. The van der Waals surface area contributed by atoms with Crippen molar-refractivity contribution in [1.82, 2.24) is 0 Å². The van der Waals surface area contributed by atoms with Gasteiger partial charge in [-0.25, -0.2) is 0 Å². The van der Waals surface area contributed by atoms with Crippen LogP contribution in [0.25, 0.3) is 0 Å². The summed E-state index contributed by atoms with van der Waals surface area (Å²) < 4.78 is 5.17. The molecule has 4 nitrogen and oxygen atoms in total. The zero-order valence-corrected chi connectivity index (χ0v) is 10.7. The Bertz CT molecular complexity index is 404. The minimum atomic E-state index is -0.287. The molecule has 0 spiro atoms. The number of rotatable bonds is 4. The Labute approximate surface area is 102 Å². The summed E-state index contributed by atoms with van der Waals surface area (Å²) >= 11 is 3.28. The molecule has 5 heteroatoms. The molecule has 0 fully saturated rings. The number of hydrogen-bond acceptors (Lipinski definition) is 4. The zero-order valence-electron chi connectivity index (χ0n) is 9.07. The lowest BCUT2D eigenvalue weighted by atomic mass is 10.1. The number of nitrogens with zero attached hydrogens (tertiary/aromatic N) is 1. The Morgan fingerprint density at radius 3 is 2.69 bits per heavy atom. The first-order valence-electron chi connectivity index (χ1n) is 4.60. The maximum absolute atomic E-state index is 11.2. The standard InChI is InChI=1S/C11H12BrNO3/c1-15-10(14)7-8-5-3-4-6-9(8)11(12)13-16-2/h3-6H,7H2,1-2H3/b13-11+. The van der Waals surface area contributed by atoms with E-state index in [2.05, 4.69) is 30.7 Å². The van der Waals surface area contributed by atoms with Crippen molar-refractivity contribution in [2.45, 2.75) is 6.42 Å². The fourth-order valence-electron chi connectivity index (χ4n) is 1.23. The van der Waals surface area contributed by atoms with Gasteiger partial charge in [0.05, 0.1) is 13.5 Å². The molecule has 0 aromatic heterocycles. The van der Waals surface area contributed by atoms with Gasteiger partial charge in [0, 0.05) is 5.56 Å². The van der Waals surface area contributed by atoms with Gasteiger partial charge in [0.15, 0.2) is 4.62 Å². The first-order valence-corrected chi connectivity index (χ1v) is 5.40. The molecule has 16 heavy (non-hydrogen) atoms. The minimum Gasteiger partial charge on any atom is -0.469 e. The molecular formula is C11H12BrNO3. The number of halogens is 1. The molecule has 0 heterocycles. The highest BCUT2D eigenvalue weighted by Crippen LogP contribution is 2.15. The molecule has 1 aromatic rings. The van der Waals surface area contributed by atoms with Crippen molar-refractivity contribution < 1.29 is 14.4 Å². The molecule has 0 N–H and O–H groups in total. The predicted octanol–water partition coefficient (Wildman–Crippen LogP) is 2.10. The van der Waals surface area contributed by atoms with E-state index >= 15 is 0 Å². The fraction of sp³-hybridized carbons (Fsp3) is 0.273. The number of benzene rings is 1. The molecule has 0 saturated heterocycles. The van der Waals surface area contributed by atoms with E-state index in [9.17, 15) is 4.79 Å². The van der Waals surface area contributed by atoms with Crippen molar-refractivity contribution in [3.8, 4) is 0 Å². The van der Waals surface area contributed by atoms with Crippen LogP contribution in [0, 0.1) is 0 Å². The second-order valence-corrected chi connectivity index (χ2v) is 3.73. The lowest BCUT2D eigenvalue weighted by molar-refractivity contribution is -0.139. The molecule has 0 bridgehead atoms. The lowest BCUT2D eigenvalue weighted by Gasteiger charge is -2.06. The Balaban J connectivity index is 3.00. The van der Waals surface area contributed by atoms with Crippen LogP contribution in [0.5, 0.6) is 0 Å². The summed E-state index contributed by atoms with van der Waals surface area (Å²) in [4.78, 5) is 15.9. The van der Waals surface area contributed by atoms with Crippen molar-refractivity contribution in [1.29, 1.82) is 0 Å². The molecule has 0 aliphatic rings. The van der Waals surface area contributed by atoms with Gasteiger partial charge in [-0.1, -0.05) is 29.4 Å². The number of ether oxygens (including phenoxy) is 1. The van der Waals surface area contributed by atoms with Crippen LogP contribution < -0.4 is 0 Å². The average molecular weight is 286 g/mol. The van der Waals surface area contributed by atoms with Gasteiger partial charge in [-0.05, 0) is 21.5 Å². The third kappa shape index (κ3) is 3.34. The molecule has 86 valence electrons. The van der Waals surface area contributed by atoms with Crippen LogP contribution in [-0.2, 0) is 20.8 Å². The summed E-state index contributed by atoms with van der Waals surface area (Å²) in [6, 6.07) is 7.42. The summed E-state index contributed by atoms with van der Waals surface area (Å²) in [6.45, 7) is 0. The summed E-state index contributed by atoms with van der Waals surface area (Å²) in [5, 5.41) is 3.77. The SMILES string of the molecule is CO/N=C(/Br)c1ccccc1CC(=O)OC. The van der Waals surface area contributed by atoms with Gasteiger partial charge in [0.2, 0.25) is 0 Å². The summed E-state index contributed by atoms with van der Waals surface area (Å²) in [5.41, 5.74) is 1.65. The topological polar surface area (TPSA) is 47.9 Å². The van der Waals surface area contributed by atoms with E-state index < -0.39 is 0 Å². The second-order valence-electron chi connectivity index (χ2n) is 2.97. The molecule has 0 saturated carbocycles. The number of oxime groups is 1. The monoisotopic (exact) mass is 285 g/mol. The van der Waals surface area contributed by atoms with Crippen LogP contribution in [0.4, 0.5) is 0 Å². The maximum Gasteiger partial charge on any atom is 0.310 e. The van der Waals surface area contributed by atoms with Crippen molar-refractivity contribution in [2.75, 3.05) is 14.2 Å². The van der Waals surface area contributed by atoms with Crippen molar-refractivity contribution in [2.24, 2.45) is 5.16 Å². The molecule has 0 aliphatic heterocycles. The van der Waals surface area contributed by atoms with Crippen LogP contribution in [0.15, 0.2) is 29.4 Å². The molecule has 1 aromatic carbocycles. The van der Waals surface area contributed by atoms with E-state index in [0.717, 1.165) is 11.1 Å². The molecule has 0 radical (unpaired) electrons. The third-order valence-corrected chi connectivity index (χ3v) is 2.55. The maximum atomic E-state index is 11.2. The number of esters is 1. The van der Waals surface area contributed by atoms with Crippen LogP contribution in [0.2, 0.25) is 0 Å². The highest BCUT2D eigenvalue weighted by atomic mass is 79.9.